The summed E-state index contributed by atoms with van der Waals surface area (Å²) in [5, 5.41) is 3.30. The Morgan fingerprint density at radius 3 is 2.11 bits per heavy atom. The molecule has 1 saturated heterocycles. The van der Waals surface area contributed by atoms with Crippen LogP contribution in [0.1, 0.15) is 56.8 Å². The van der Waals surface area contributed by atoms with Crippen molar-refractivity contribution in [1.82, 2.24) is 14.5 Å². The SMILES string of the molecule is CCCN(C(=O)c1ccc(S(=O)(=O)N(CCC)CCC)cc1)C1CCNC1. The van der Waals surface area contributed by atoms with Gasteiger partial charge in [0.25, 0.3) is 5.91 Å². The summed E-state index contributed by atoms with van der Waals surface area (Å²) < 4.78 is 27.2. The van der Waals surface area contributed by atoms with Crippen LogP contribution in [0.5, 0.6) is 0 Å². The van der Waals surface area contributed by atoms with E-state index < -0.39 is 10.0 Å². The molecule has 1 aliphatic rings. The van der Waals surface area contributed by atoms with Crippen molar-refractivity contribution < 1.29 is 13.2 Å². The molecule has 0 radical (unpaired) electrons. The number of carbonyl (C=O) groups is 1. The van der Waals surface area contributed by atoms with Crippen molar-refractivity contribution >= 4 is 15.9 Å². The second-order valence-electron chi connectivity index (χ2n) is 7.07. The lowest BCUT2D eigenvalue weighted by atomic mass is 10.1. The van der Waals surface area contributed by atoms with E-state index in [1.54, 1.807) is 24.3 Å². The summed E-state index contributed by atoms with van der Waals surface area (Å²) in [6.45, 7) is 9.49. The molecule has 1 aromatic rings. The number of rotatable bonds is 10. The molecule has 27 heavy (non-hydrogen) atoms. The van der Waals surface area contributed by atoms with Gasteiger partial charge in [-0.15, -0.1) is 0 Å². The maximum absolute atomic E-state index is 13.0. The monoisotopic (exact) mass is 395 g/mol. The predicted molar refractivity (Wildman–Crippen MR) is 108 cm³/mol. The van der Waals surface area contributed by atoms with Crippen LogP contribution in [0.15, 0.2) is 29.2 Å². The first-order valence-electron chi connectivity index (χ1n) is 10.1. The Bertz CT molecular complexity index is 692. The summed E-state index contributed by atoms with van der Waals surface area (Å²) in [5.74, 6) is -0.0199. The Morgan fingerprint density at radius 2 is 1.63 bits per heavy atom. The van der Waals surface area contributed by atoms with Crippen LogP contribution in [0, 0.1) is 0 Å². The van der Waals surface area contributed by atoms with Crippen molar-refractivity contribution in [3.8, 4) is 0 Å². The molecule has 6 nitrogen and oxygen atoms in total. The average molecular weight is 396 g/mol. The van der Waals surface area contributed by atoms with Gasteiger partial charge >= 0.3 is 0 Å². The van der Waals surface area contributed by atoms with Crippen molar-refractivity contribution in [2.45, 2.75) is 57.4 Å². The molecular weight excluding hydrogens is 362 g/mol. The molecular formula is C20H33N3O3S. The second-order valence-corrected chi connectivity index (χ2v) is 9.01. The molecule has 1 N–H and O–H groups in total. The summed E-state index contributed by atoms with van der Waals surface area (Å²) in [7, 11) is -3.52. The van der Waals surface area contributed by atoms with Gasteiger partial charge in [0.1, 0.15) is 0 Å². The lowest BCUT2D eigenvalue weighted by molar-refractivity contribution is 0.0692. The zero-order chi connectivity index (χ0) is 19.9. The minimum Gasteiger partial charge on any atom is -0.334 e. The maximum atomic E-state index is 13.0. The molecule has 0 aromatic heterocycles. The highest BCUT2D eigenvalue weighted by atomic mass is 32.2. The van der Waals surface area contributed by atoms with Crippen LogP contribution < -0.4 is 5.32 Å². The standard InChI is InChI=1S/C20H33N3O3S/c1-4-13-22(14-5-2)27(25,26)19-9-7-17(8-10-19)20(24)23(15-6-3)18-11-12-21-16-18/h7-10,18,21H,4-6,11-16H2,1-3H3. The Hall–Kier alpha value is -1.44. The summed E-state index contributed by atoms with van der Waals surface area (Å²) in [5.41, 5.74) is 0.548. The molecule has 1 heterocycles. The molecule has 0 aliphatic carbocycles. The fourth-order valence-electron chi connectivity index (χ4n) is 3.53. The van der Waals surface area contributed by atoms with Crippen molar-refractivity contribution in [1.29, 1.82) is 0 Å². The molecule has 0 spiro atoms. The Kier molecular flexibility index (Phi) is 8.26. The van der Waals surface area contributed by atoms with Gasteiger partial charge in [0, 0.05) is 37.8 Å². The molecule has 0 bridgehead atoms. The van der Waals surface area contributed by atoms with E-state index >= 15 is 0 Å². The number of carbonyl (C=O) groups excluding carboxylic acids is 1. The zero-order valence-electron chi connectivity index (χ0n) is 16.8. The van der Waals surface area contributed by atoms with Crippen molar-refractivity contribution in [2.75, 3.05) is 32.7 Å². The lowest BCUT2D eigenvalue weighted by Crippen LogP contribution is -2.42. The minimum atomic E-state index is -3.52. The van der Waals surface area contributed by atoms with Gasteiger partial charge in [-0.05, 0) is 56.5 Å². The summed E-state index contributed by atoms with van der Waals surface area (Å²) in [6.07, 6.45) is 3.41. The van der Waals surface area contributed by atoms with Crippen LogP contribution in [0.2, 0.25) is 0 Å². The first-order valence-corrected chi connectivity index (χ1v) is 11.5. The van der Waals surface area contributed by atoms with E-state index in [-0.39, 0.29) is 16.8 Å². The van der Waals surface area contributed by atoms with Gasteiger partial charge in [-0.3, -0.25) is 4.79 Å². The maximum Gasteiger partial charge on any atom is 0.254 e. The van der Waals surface area contributed by atoms with Crippen LogP contribution in [-0.4, -0.2) is 62.3 Å². The van der Waals surface area contributed by atoms with Crippen LogP contribution in [-0.2, 0) is 10.0 Å². The number of nitrogens with one attached hydrogen (secondary N) is 1. The van der Waals surface area contributed by atoms with E-state index in [4.69, 9.17) is 0 Å². The highest BCUT2D eigenvalue weighted by molar-refractivity contribution is 7.89. The van der Waals surface area contributed by atoms with Crippen LogP contribution in [0.3, 0.4) is 0 Å². The number of hydrogen-bond acceptors (Lipinski definition) is 4. The van der Waals surface area contributed by atoms with Gasteiger partial charge in [-0.25, -0.2) is 8.42 Å². The van der Waals surface area contributed by atoms with Crippen molar-refractivity contribution in [3.63, 3.8) is 0 Å². The fraction of sp³-hybridized carbons (Fsp3) is 0.650. The van der Waals surface area contributed by atoms with Crippen molar-refractivity contribution in [2.24, 2.45) is 0 Å². The Morgan fingerprint density at radius 1 is 1.04 bits per heavy atom. The summed E-state index contributed by atoms with van der Waals surface area (Å²) in [4.78, 5) is 15.1. The van der Waals surface area contributed by atoms with E-state index in [2.05, 4.69) is 12.2 Å². The smallest absolute Gasteiger partial charge is 0.254 e. The zero-order valence-corrected chi connectivity index (χ0v) is 17.6. The Balaban J connectivity index is 2.20. The van der Waals surface area contributed by atoms with Crippen LogP contribution >= 0.6 is 0 Å². The quantitative estimate of drug-likeness (QED) is 0.661. The number of sulfonamides is 1. The third-order valence-corrected chi connectivity index (χ3v) is 6.80. The van der Waals surface area contributed by atoms with Crippen LogP contribution in [0.25, 0.3) is 0 Å². The fourth-order valence-corrected chi connectivity index (χ4v) is 5.16. The first-order chi connectivity index (χ1) is 13.0. The average Bonchev–Trinajstić information content (AvgIpc) is 3.20. The van der Waals surface area contributed by atoms with E-state index in [1.165, 1.54) is 4.31 Å². The van der Waals surface area contributed by atoms with E-state index in [0.29, 0.717) is 25.2 Å². The topological polar surface area (TPSA) is 69.7 Å². The number of benzene rings is 1. The van der Waals surface area contributed by atoms with Gasteiger partial charge in [-0.1, -0.05) is 20.8 Å². The van der Waals surface area contributed by atoms with Crippen LogP contribution in [0.4, 0.5) is 0 Å². The minimum absolute atomic E-state index is 0.0199. The van der Waals surface area contributed by atoms with E-state index in [1.807, 2.05) is 18.7 Å². The van der Waals surface area contributed by atoms with Gasteiger partial charge in [0.15, 0.2) is 0 Å². The summed E-state index contributed by atoms with van der Waals surface area (Å²) in [6, 6.07) is 6.65. The number of nitrogens with zero attached hydrogens (tertiary/aromatic N) is 2. The normalized spacial score (nSPS) is 17.4. The van der Waals surface area contributed by atoms with Gasteiger partial charge < -0.3 is 10.2 Å². The number of hydrogen-bond donors (Lipinski definition) is 1. The molecule has 1 aliphatic heterocycles. The van der Waals surface area contributed by atoms with E-state index in [0.717, 1.165) is 38.8 Å². The second kappa shape index (κ2) is 10.2. The molecule has 1 aromatic carbocycles. The van der Waals surface area contributed by atoms with Gasteiger partial charge in [0.2, 0.25) is 10.0 Å². The summed E-state index contributed by atoms with van der Waals surface area (Å²) >= 11 is 0. The third kappa shape index (κ3) is 5.30. The molecule has 1 fully saturated rings. The molecule has 1 atom stereocenters. The first kappa shape index (κ1) is 21.9. The molecule has 0 saturated carbocycles. The molecule has 1 amide bonds. The number of amides is 1. The molecule has 1 unspecified atom stereocenters. The molecule has 152 valence electrons. The van der Waals surface area contributed by atoms with Gasteiger partial charge in [0.05, 0.1) is 4.90 Å². The third-order valence-electron chi connectivity index (χ3n) is 4.89. The molecule has 7 heteroatoms. The predicted octanol–water partition coefficient (Wildman–Crippen LogP) is 2.71. The highest BCUT2D eigenvalue weighted by Crippen LogP contribution is 2.19. The highest BCUT2D eigenvalue weighted by Gasteiger charge is 2.27. The Labute approximate surface area is 164 Å². The van der Waals surface area contributed by atoms with E-state index in [9.17, 15) is 13.2 Å². The largest absolute Gasteiger partial charge is 0.334 e. The lowest BCUT2D eigenvalue weighted by Gasteiger charge is -2.28. The van der Waals surface area contributed by atoms with Gasteiger partial charge in [-0.2, -0.15) is 4.31 Å². The molecule has 2 rings (SSSR count). The van der Waals surface area contributed by atoms with Crippen molar-refractivity contribution in [3.05, 3.63) is 29.8 Å².